The lowest BCUT2D eigenvalue weighted by Gasteiger charge is -2.18. The van der Waals surface area contributed by atoms with Crippen LogP contribution in [0, 0.1) is 28.6 Å². The zero-order valence-electron chi connectivity index (χ0n) is 26.3. The SMILES string of the molecule is N#Cc1ccc(-c2ccc3c(c2)c2ccc4c5ccccc5oc4c2n3-c2ccccc2)c(-n2c3c(c4ccccc42)CC(C#N)C=C3)c1. The van der Waals surface area contributed by atoms with Crippen molar-refractivity contribution in [2.75, 3.05) is 0 Å². The van der Waals surface area contributed by atoms with Crippen LogP contribution in [0.5, 0.6) is 0 Å². The molecule has 228 valence electrons. The molecule has 0 aliphatic heterocycles. The summed E-state index contributed by atoms with van der Waals surface area (Å²) in [5.74, 6) is -0.167. The van der Waals surface area contributed by atoms with Gasteiger partial charge >= 0.3 is 0 Å². The van der Waals surface area contributed by atoms with Crippen molar-refractivity contribution in [3.63, 3.8) is 0 Å². The third-order valence-electron chi connectivity index (χ3n) is 10.1. The van der Waals surface area contributed by atoms with E-state index >= 15 is 0 Å². The summed E-state index contributed by atoms with van der Waals surface area (Å²) in [5, 5.41) is 25.3. The van der Waals surface area contributed by atoms with Gasteiger partial charge in [0.05, 0.1) is 45.9 Å². The first-order valence-electron chi connectivity index (χ1n) is 16.4. The predicted octanol–water partition coefficient (Wildman–Crippen LogP) is 10.9. The third-order valence-corrected chi connectivity index (χ3v) is 10.1. The van der Waals surface area contributed by atoms with Crippen molar-refractivity contribution in [3.8, 4) is 34.6 Å². The number of nitriles is 2. The van der Waals surface area contributed by atoms with Gasteiger partial charge < -0.3 is 13.6 Å². The maximum absolute atomic E-state index is 10.0. The molecule has 3 heterocycles. The van der Waals surface area contributed by atoms with Crippen molar-refractivity contribution < 1.29 is 4.42 Å². The fourth-order valence-electron chi connectivity index (χ4n) is 7.88. The molecule has 10 rings (SSSR count). The minimum absolute atomic E-state index is 0.167. The lowest BCUT2D eigenvalue weighted by molar-refractivity contribution is 0.671. The average molecular weight is 627 g/mol. The largest absolute Gasteiger partial charge is 0.454 e. The number of nitrogens with zero attached hydrogens (tertiary/aromatic N) is 4. The first kappa shape index (κ1) is 27.3. The van der Waals surface area contributed by atoms with Crippen LogP contribution < -0.4 is 0 Å². The second-order valence-electron chi connectivity index (χ2n) is 12.7. The quantitative estimate of drug-likeness (QED) is 0.196. The zero-order chi connectivity index (χ0) is 32.6. The molecule has 0 saturated heterocycles. The van der Waals surface area contributed by atoms with E-state index < -0.39 is 0 Å². The van der Waals surface area contributed by atoms with Gasteiger partial charge in [-0.25, -0.2) is 0 Å². The van der Waals surface area contributed by atoms with Gasteiger partial charge in [-0.15, -0.1) is 0 Å². The van der Waals surface area contributed by atoms with E-state index in [0.717, 1.165) is 88.4 Å². The first-order chi connectivity index (χ1) is 24.2. The lowest BCUT2D eigenvalue weighted by atomic mass is 9.93. The Labute approximate surface area is 281 Å². The molecule has 6 aromatic carbocycles. The van der Waals surface area contributed by atoms with Crippen LogP contribution in [0.2, 0.25) is 0 Å². The van der Waals surface area contributed by atoms with Crippen LogP contribution in [0.25, 0.3) is 83.2 Å². The van der Waals surface area contributed by atoms with Gasteiger partial charge in [0.25, 0.3) is 0 Å². The Hall–Kier alpha value is -6.82. The maximum Gasteiger partial charge on any atom is 0.160 e. The van der Waals surface area contributed by atoms with E-state index in [1.807, 2.05) is 42.5 Å². The van der Waals surface area contributed by atoms with Gasteiger partial charge in [0.15, 0.2) is 5.58 Å². The highest BCUT2D eigenvalue weighted by molar-refractivity contribution is 6.22. The summed E-state index contributed by atoms with van der Waals surface area (Å²) < 4.78 is 11.2. The summed E-state index contributed by atoms with van der Waals surface area (Å²) in [5.41, 5.74) is 11.8. The zero-order valence-corrected chi connectivity index (χ0v) is 26.3. The Morgan fingerprint density at radius 3 is 2.29 bits per heavy atom. The molecule has 9 aromatic rings. The summed E-state index contributed by atoms with van der Waals surface area (Å²) in [6.45, 7) is 0. The molecule has 0 radical (unpaired) electrons. The fourth-order valence-corrected chi connectivity index (χ4v) is 7.88. The molecule has 5 nitrogen and oxygen atoms in total. The molecule has 1 atom stereocenters. The van der Waals surface area contributed by atoms with Gasteiger partial charge in [-0.05, 0) is 78.2 Å². The highest BCUT2D eigenvalue weighted by atomic mass is 16.3. The fraction of sp³-hybridized carbons (Fsp3) is 0.0455. The molecule has 1 unspecified atom stereocenters. The minimum atomic E-state index is -0.167. The van der Waals surface area contributed by atoms with Crippen LogP contribution >= 0.6 is 0 Å². The lowest BCUT2D eigenvalue weighted by Crippen LogP contribution is -2.07. The molecule has 0 amide bonds. The van der Waals surface area contributed by atoms with Crippen LogP contribution in [0.3, 0.4) is 0 Å². The van der Waals surface area contributed by atoms with E-state index in [1.165, 1.54) is 0 Å². The van der Waals surface area contributed by atoms with Gasteiger partial charge in [-0.2, -0.15) is 10.5 Å². The topological polar surface area (TPSA) is 70.6 Å². The summed E-state index contributed by atoms with van der Waals surface area (Å²) in [6.07, 6.45) is 4.73. The van der Waals surface area contributed by atoms with Crippen molar-refractivity contribution in [1.82, 2.24) is 9.13 Å². The highest BCUT2D eigenvalue weighted by Gasteiger charge is 2.25. The van der Waals surface area contributed by atoms with E-state index in [4.69, 9.17) is 4.42 Å². The van der Waals surface area contributed by atoms with Crippen LogP contribution in [-0.4, -0.2) is 9.13 Å². The predicted molar refractivity (Wildman–Crippen MR) is 197 cm³/mol. The Bertz CT molecular complexity index is 2940. The van der Waals surface area contributed by atoms with Crippen molar-refractivity contribution in [1.29, 1.82) is 10.5 Å². The van der Waals surface area contributed by atoms with Crippen molar-refractivity contribution in [2.45, 2.75) is 6.42 Å². The highest BCUT2D eigenvalue weighted by Crippen LogP contribution is 2.43. The summed E-state index contributed by atoms with van der Waals surface area (Å²) in [6, 6.07) is 48.8. The van der Waals surface area contributed by atoms with E-state index in [-0.39, 0.29) is 5.92 Å². The molecular weight excluding hydrogens is 601 g/mol. The third kappa shape index (κ3) is 3.91. The summed E-state index contributed by atoms with van der Waals surface area (Å²) in [7, 11) is 0. The minimum Gasteiger partial charge on any atom is -0.454 e. The molecule has 0 bridgehead atoms. The van der Waals surface area contributed by atoms with E-state index in [1.54, 1.807) is 0 Å². The Morgan fingerprint density at radius 1 is 0.653 bits per heavy atom. The smallest absolute Gasteiger partial charge is 0.160 e. The molecule has 3 aromatic heterocycles. The Morgan fingerprint density at radius 2 is 1.43 bits per heavy atom. The van der Waals surface area contributed by atoms with E-state index in [9.17, 15) is 10.5 Å². The number of hydrogen-bond donors (Lipinski definition) is 0. The molecule has 5 heteroatoms. The molecular formula is C44H26N4O. The van der Waals surface area contributed by atoms with Crippen molar-refractivity contribution in [2.24, 2.45) is 5.92 Å². The first-order valence-corrected chi connectivity index (χ1v) is 16.4. The molecule has 0 saturated carbocycles. The molecule has 1 aliphatic carbocycles. The van der Waals surface area contributed by atoms with Crippen LogP contribution in [0.1, 0.15) is 16.8 Å². The number of aromatic nitrogens is 2. The summed E-state index contributed by atoms with van der Waals surface area (Å²) >= 11 is 0. The van der Waals surface area contributed by atoms with Gasteiger partial charge in [0.2, 0.25) is 0 Å². The van der Waals surface area contributed by atoms with Gasteiger partial charge in [-0.3, -0.25) is 0 Å². The standard InChI is InChI=1S/C44H26N4O/c45-25-27-15-20-40-36(22-27)32-10-4-6-12-38(32)48(40)41-23-28(26-46)14-17-31(41)29-16-21-39-37(24-29)34-18-19-35-33-11-5-7-13-42(33)49-44(35)43(34)47(39)30-8-2-1-3-9-30/h1-21,23-24,27H,22H2. The Kier molecular flexibility index (Phi) is 5.76. The van der Waals surface area contributed by atoms with Crippen LogP contribution in [-0.2, 0) is 6.42 Å². The van der Waals surface area contributed by atoms with E-state index in [2.05, 4.69) is 118 Å². The molecule has 0 fully saturated rings. The molecule has 1 aliphatic rings. The van der Waals surface area contributed by atoms with Gasteiger partial charge in [0, 0.05) is 43.9 Å². The molecule has 0 spiro atoms. The van der Waals surface area contributed by atoms with E-state index in [0.29, 0.717) is 12.0 Å². The van der Waals surface area contributed by atoms with Gasteiger partial charge in [-0.1, -0.05) is 78.9 Å². The number of fused-ring (bicyclic) bond motifs is 10. The second kappa shape index (κ2) is 10.3. The average Bonchev–Trinajstić information content (AvgIpc) is 3.82. The molecule has 0 N–H and O–H groups in total. The normalized spacial score (nSPS) is 14.1. The number of rotatable bonds is 3. The second-order valence-corrected chi connectivity index (χ2v) is 12.7. The summed E-state index contributed by atoms with van der Waals surface area (Å²) in [4.78, 5) is 0. The number of benzene rings is 6. The van der Waals surface area contributed by atoms with Crippen molar-refractivity contribution in [3.05, 3.63) is 150 Å². The number of para-hydroxylation sites is 3. The monoisotopic (exact) mass is 626 g/mol. The van der Waals surface area contributed by atoms with Crippen molar-refractivity contribution >= 4 is 60.7 Å². The number of allylic oxidation sites excluding steroid dienone is 1. The number of hydrogen-bond acceptors (Lipinski definition) is 3. The van der Waals surface area contributed by atoms with Crippen LogP contribution in [0.4, 0.5) is 0 Å². The molecule has 49 heavy (non-hydrogen) atoms. The van der Waals surface area contributed by atoms with Crippen LogP contribution in [0.15, 0.2) is 138 Å². The Balaban J connectivity index is 1.27. The number of furan rings is 1. The maximum atomic E-state index is 10.0. The van der Waals surface area contributed by atoms with Gasteiger partial charge in [0.1, 0.15) is 5.58 Å².